The lowest BCUT2D eigenvalue weighted by Gasteiger charge is -2.14. The van der Waals surface area contributed by atoms with Gasteiger partial charge >= 0.3 is 0 Å². The Balaban J connectivity index is 2.64. The second-order valence-electron chi connectivity index (χ2n) is 3.49. The maximum Gasteiger partial charge on any atom is 0.251 e. The summed E-state index contributed by atoms with van der Waals surface area (Å²) >= 11 is 0. The minimum absolute atomic E-state index is 0.0809. The maximum atomic E-state index is 11.7. The number of hydrogen-bond donors (Lipinski definition) is 4. The van der Waals surface area contributed by atoms with Crippen LogP contribution in [0.2, 0.25) is 0 Å². The number of aliphatic hydroxyl groups is 2. The normalized spacial score (nSPS) is 12.1. The molecule has 0 aliphatic carbocycles. The SMILES string of the molecule is Nc1cccc(C(=O)NC(CO)CCO)c1. The van der Waals surface area contributed by atoms with Gasteiger partial charge in [-0.3, -0.25) is 4.79 Å². The van der Waals surface area contributed by atoms with E-state index in [1.165, 1.54) is 0 Å². The molecular weight excluding hydrogens is 208 g/mol. The molecule has 5 heteroatoms. The van der Waals surface area contributed by atoms with Crippen LogP contribution < -0.4 is 11.1 Å². The molecule has 0 heterocycles. The van der Waals surface area contributed by atoms with Crippen molar-refractivity contribution in [1.29, 1.82) is 0 Å². The summed E-state index contributed by atoms with van der Waals surface area (Å²) in [5.74, 6) is -0.306. The van der Waals surface area contributed by atoms with E-state index in [2.05, 4.69) is 5.32 Å². The molecule has 0 saturated carbocycles. The molecule has 1 aromatic rings. The minimum atomic E-state index is -0.432. The molecule has 0 saturated heterocycles. The van der Waals surface area contributed by atoms with E-state index < -0.39 is 6.04 Å². The number of amides is 1. The van der Waals surface area contributed by atoms with Crippen LogP contribution >= 0.6 is 0 Å². The Morgan fingerprint density at radius 2 is 2.19 bits per heavy atom. The van der Waals surface area contributed by atoms with Crippen molar-refractivity contribution in [1.82, 2.24) is 5.32 Å². The van der Waals surface area contributed by atoms with Crippen LogP contribution in [0.15, 0.2) is 24.3 Å². The maximum absolute atomic E-state index is 11.7. The third kappa shape index (κ3) is 3.52. The first kappa shape index (κ1) is 12.5. The van der Waals surface area contributed by atoms with E-state index in [4.69, 9.17) is 15.9 Å². The Morgan fingerprint density at radius 3 is 2.75 bits per heavy atom. The highest BCUT2D eigenvalue weighted by Crippen LogP contribution is 2.06. The van der Waals surface area contributed by atoms with Crippen LogP contribution in [-0.2, 0) is 0 Å². The van der Waals surface area contributed by atoms with Crippen LogP contribution in [0, 0.1) is 0 Å². The quantitative estimate of drug-likeness (QED) is 0.518. The number of carbonyl (C=O) groups excluding carboxylic acids is 1. The first-order valence-corrected chi connectivity index (χ1v) is 5.05. The van der Waals surface area contributed by atoms with Crippen molar-refractivity contribution >= 4 is 11.6 Å². The summed E-state index contributed by atoms with van der Waals surface area (Å²) in [7, 11) is 0. The lowest BCUT2D eigenvalue weighted by atomic mass is 10.1. The van der Waals surface area contributed by atoms with Crippen LogP contribution in [0.3, 0.4) is 0 Å². The third-order valence-corrected chi connectivity index (χ3v) is 2.18. The van der Waals surface area contributed by atoms with Gasteiger partial charge in [-0.1, -0.05) is 6.07 Å². The molecule has 5 N–H and O–H groups in total. The molecule has 5 nitrogen and oxygen atoms in total. The van der Waals surface area contributed by atoms with Crippen LogP contribution in [-0.4, -0.2) is 35.4 Å². The minimum Gasteiger partial charge on any atom is -0.399 e. The van der Waals surface area contributed by atoms with Gasteiger partial charge in [-0.2, -0.15) is 0 Å². The molecule has 0 fully saturated rings. The van der Waals surface area contributed by atoms with Gasteiger partial charge in [0.15, 0.2) is 0 Å². The average Bonchev–Trinajstić information content (AvgIpc) is 2.28. The van der Waals surface area contributed by atoms with Crippen molar-refractivity contribution in [2.75, 3.05) is 18.9 Å². The largest absolute Gasteiger partial charge is 0.399 e. The van der Waals surface area contributed by atoms with Crippen molar-refractivity contribution in [3.05, 3.63) is 29.8 Å². The number of hydrogen-bond acceptors (Lipinski definition) is 4. The first-order valence-electron chi connectivity index (χ1n) is 5.05. The van der Waals surface area contributed by atoms with Crippen molar-refractivity contribution < 1.29 is 15.0 Å². The summed E-state index contributed by atoms with van der Waals surface area (Å²) < 4.78 is 0. The summed E-state index contributed by atoms with van der Waals surface area (Å²) in [4.78, 5) is 11.7. The monoisotopic (exact) mass is 224 g/mol. The van der Waals surface area contributed by atoms with Crippen molar-refractivity contribution in [2.24, 2.45) is 0 Å². The van der Waals surface area contributed by atoms with Crippen LogP contribution in [0.5, 0.6) is 0 Å². The molecule has 1 rings (SSSR count). The number of nitrogen functional groups attached to an aromatic ring is 1. The van der Waals surface area contributed by atoms with E-state index in [1.54, 1.807) is 24.3 Å². The molecule has 16 heavy (non-hydrogen) atoms. The molecule has 0 radical (unpaired) electrons. The third-order valence-electron chi connectivity index (χ3n) is 2.18. The topological polar surface area (TPSA) is 95.6 Å². The predicted octanol–water partition coefficient (Wildman–Crippen LogP) is -0.258. The van der Waals surface area contributed by atoms with Gasteiger partial charge in [0.2, 0.25) is 0 Å². The lowest BCUT2D eigenvalue weighted by Crippen LogP contribution is -2.38. The lowest BCUT2D eigenvalue weighted by molar-refractivity contribution is 0.0904. The average molecular weight is 224 g/mol. The number of rotatable bonds is 5. The van der Waals surface area contributed by atoms with E-state index in [0.717, 1.165) is 0 Å². The summed E-state index contributed by atoms with van der Waals surface area (Å²) in [6, 6.07) is 6.14. The number of nitrogens with one attached hydrogen (secondary N) is 1. The zero-order chi connectivity index (χ0) is 12.0. The molecule has 1 unspecified atom stereocenters. The second kappa shape index (κ2) is 6.09. The van der Waals surface area contributed by atoms with Crippen molar-refractivity contribution in [2.45, 2.75) is 12.5 Å². The standard InChI is InChI=1S/C11H16N2O3/c12-9-3-1-2-8(6-9)11(16)13-10(7-15)4-5-14/h1-3,6,10,14-15H,4-5,7,12H2,(H,13,16). The summed E-state index contributed by atoms with van der Waals surface area (Å²) in [6.45, 7) is -0.281. The summed E-state index contributed by atoms with van der Waals surface area (Å²) in [5.41, 5.74) is 6.50. The van der Waals surface area contributed by atoms with E-state index in [1.807, 2.05) is 0 Å². The Bertz CT molecular complexity index is 355. The van der Waals surface area contributed by atoms with Gasteiger partial charge in [0, 0.05) is 17.9 Å². The van der Waals surface area contributed by atoms with E-state index >= 15 is 0 Å². The van der Waals surface area contributed by atoms with Gasteiger partial charge in [0.1, 0.15) is 0 Å². The Morgan fingerprint density at radius 1 is 1.44 bits per heavy atom. The zero-order valence-corrected chi connectivity index (χ0v) is 8.89. The molecule has 0 aromatic heterocycles. The van der Waals surface area contributed by atoms with E-state index in [9.17, 15) is 4.79 Å². The molecule has 0 bridgehead atoms. The van der Waals surface area contributed by atoms with E-state index in [0.29, 0.717) is 17.7 Å². The molecule has 0 aliphatic heterocycles. The van der Waals surface area contributed by atoms with Crippen molar-refractivity contribution in [3.8, 4) is 0 Å². The fourth-order valence-electron chi connectivity index (χ4n) is 1.31. The van der Waals surface area contributed by atoms with Gasteiger partial charge in [-0.15, -0.1) is 0 Å². The van der Waals surface area contributed by atoms with Gasteiger partial charge in [0.25, 0.3) is 5.91 Å². The highest BCUT2D eigenvalue weighted by Gasteiger charge is 2.12. The van der Waals surface area contributed by atoms with Crippen LogP contribution in [0.25, 0.3) is 0 Å². The molecule has 1 aromatic carbocycles. The van der Waals surface area contributed by atoms with Crippen molar-refractivity contribution in [3.63, 3.8) is 0 Å². The van der Waals surface area contributed by atoms with Gasteiger partial charge < -0.3 is 21.3 Å². The molecule has 1 amide bonds. The molecule has 0 aliphatic rings. The fraction of sp³-hybridized carbons (Fsp3) is 0.364. The number of anilines is 1. The number of nitrogens with two attached hydrogens (primary N) is 1. The summed E-state index contributed by atoms with van der Waals surface area (Å²) in [6.07, 6.45) is 0.324. The second-order valence-corrected chi connectivity index (χ2v) is 3.49. The summed E-state index contributed by atoms with van der Waals surface area (Å²) in [5, 5.41) is 20.3. The molecule has 1 atom stereocenters. The fourth-order valence-corrected chi connectivity index (χ4v) is 1.31. The van der Waals surface area contributed by atoms with Crippen LogP contribution in [0.4, 0.5) is 5.69 Å². The predicted molar refractivity (Wildman–Crippen MR) is 60.9 cm³/mol. The molecular formula is C11H16N2O3. The van der Waals surface area contributed by atoms with Gasteiger partial charge in [0.05, 0.1) is 12.6 Å². The highest BCUT2D eigenvalue weighted by atomic mass is 16.3. The highest BCUT2D eigenvalue weighted by molar-refractivity contribution is 5.95. The zero-order valence-electron chi connectivity index (χ0n) is 8.89. The Kier molecular flexibility index (Phi) is 4.75. The smallest absolute Gasteiger partial charge is 0.251 e. The number of benzene rings is 1. The van der Waals surface area contributed by atoms with Gasteiger partial charge in [-0.05, 0) is 24.6 Å². The van der Waals surface area contributed by atoms with Gasteiger partial charge in [-0.25, -0.2) is 0 Å². The number of carbonyl (C=O) groups is 1. The molecule has 0 spiro atoms. The number of aliphatic hydroxyl groups excluding tert-OH is 2. The first-order chi connectivity index (χ1) is 7.67. The van der Waals surface area contributed by atoms with Crippen LogP contribution in [0.1, 0.15) is 16.8 Å². The Hall–Kier alpha value is -1.59. The molecule has 88 valence electrons. The Labute approximate surface area is 93.9 Å². The van der Waals surface area contributed by atoms with E-state index in [-0.39, 0.29) is 19.1 Å².